The first-order valence-corrected chi connectivity index (χ1v) is 5.78. The molecule has 1 aliphatic carbocycles. The molecule has 76 valence electrons. The van der Waals surface area contributed by atoms with Gasteiger partial charge in [0, 0.05) is 9.89 Å². The van der Waals surface area contributed by atoms with Crippen molar-refractivity contribution in [1.82, 2.24) is 0 Å². The minimum absolute atomic E-state index is 0.103. The Bertz CT molecular complexity index is 357. The van der Waals surface area contributed by atoms with Gasteiger partial charge in [-0.3, -0.25) is 0 Å². The van der Waals surface area contributed by atoms with Crippen LogP contribution in [0.5, 0.6) is 0 Å². The molecule has 0 aromatic heterocycles. The van der Waals surface area contributed by atoms with Gasteiger partial charge in [-0.25, -0.2) is 0 Å². The van der Waals surface area contributed by atoms with Crippen LogP contribution in [0.3, 0.4) is 0 Å². The fourth-order valence-electron chi connectivity index (χ4n) is 2.23. The van der Waals surface area contributed by atoms with E-state index in [-0.39, 0.29) is 11.5 Å². The highest BCUT2D eigenvalue weighted by Gasteiger charge is 2.34. The number of fused-ring (bicyclic) bond motifs is 1. The molecule has 1 nitrogen and oxygen atoms in total. The van der Waals surface area contributed by atoms with Gasteiger partial charge in [0.2, 0.25) is 0 Å². The Morgan fingerprint density at radius 1 is 1.43 bits per heavy atom. The summed E-state index contributed by atoms with van der Waals surface area (Å²) in [5, 5.41) is 9.94. The molecule has 0 aliphatic heterocycles. The monoisotopic (exact) mass is 254 g/mol. The highest BCUT2D eigenvalue weighted by atomic mass is 79.9. The molecular weight excluding hydrogens is 240 g/mol. The normalized spacial score (nSPS) is 24.4. The largest absolute Gasteiger partial charge is 0.392 e. The molecule has 0 saturated carbocycles. The maximum absolute atomic E-state index is 9.94. The van der Waals surface area contributed by atoms with E-state index in [1.165, 1.54) is 11.1 Å². The summed E-state index contributed by atoms with van der Waals surface area (Å²) in [5.41, 5.74) is 2.56. The van der Waals surface area contributed by atoms with Crippen molar-refractivity contribution < 1.29 is 5.11 Å². The Labute approximate surface area is 93.3 Å². The van der Waals surface area contributed by atoms with E-state index < -0.39 is 0 Å². The van der Waals surface area contributed by atoms with Gasteiger partial charge in [0.1, 0.15) is 0 Å². The Morgan fingerprint density at radius 3 is 2.86 bits per heavy atom. The standard InChI is InChI=1S/C12H15BrO/c1-12(2)10-5-4-9(13)7-8(10)3-6-11(12)14/h4-5,7,11,14H,3,6H2,1-2H3. The predicted molar refractivity (Wildman–Crippen MR) is 61.5 cm³/mol. The summed E-state index contributed by atoms with van der Waals surface area (Å²) in [6.45, 7) is 4.23. The third kappa shape index (κ3) is 1.51. The van der Waals surface area contributed by atoms with Gasteiger partial charge in [-0.15, -0.1) is 0 Å². The van der Waals surface area contributed by atoms with Crippen LogP contribution < -0.4 is 0 Å². The van der Waals surface area contributed by atoms with Crippen LogP contribution in [0.1, 0.15) is 31.4 Å². The van der Waals surface area contributed by atoms with E-state index >= 15 is 0 Å². The summed E-state index contributed by atoms with van der Waals surface area (Å²) in [5.74, 6) is 0. The van der Waals surface area contributed by atoms with Gasteiger partial charge >= 0.3 is 0 Å². The highest BCUT2D eigenvalue weighted by Crippen LogP contribution is 2.37. The molecule has 0 amide bonds. The molecule has 0 bridgehead atoms. The molecule has 1 N–H and O–H groups in total. The molecule has 14 heavy (non-hydrogen) atoms. The lowest BCUT2D eigenvalue weighted by molar-refractivity contribution is 0.0831. The summed E-state index contributed by atoms with van der Waals surface area (Å²) in [4.78, 5) is 0. The van der Waals surface area contributed by atoms with Crippen LogP contribution in [0.25, 0.3) is 0 Å². The quantitative estimate of drug-likeness (QED) is 0.755. The zero-order valence-corrected chi connectivity index (χ0v) is 10.1. The van der Waals surface area contributed by atoms with E-state index in [2.05, 4.69) is 48.0 Å². The van der Waals surface area contributed by atoms with Gasteiger partial charge in [-0.2, -0.15) is 0 Å². The minimum atomic E-state index is -0.212. The van der Waals surface area contributed by atoms with Gasteiger partial charge in [-0.05, 0) is 36.1 Å². The zero-order chi connectivity index (χ0) is 10.3. The van der Waals surface area contributed by atoms with Crippen molar-refractivity contribution in [2.75, 3.05) is 0 Å². The van der Waals surface area contributed by atoms with Gasteiger partial charge in [0.15, 0.2) is 0 Å². The lowest BCUT2D eigenvalue weighted by atomic mass is 9.71. The average Bonchev–Trinajstić information content (AvgIpc) is 2.12. The Morgan fingerprint density at radius 2 is 2.14 bits per heavy atom. The fourth-order valence-corrected chi connectivity index (χ4v) is 2.64. The van der Waals surface area contributed by atoms with Crippen LogP contribution in [0.4, 0.5) is 0 Å². The van der Waals surface area contributed by atoms with E-state index in [1.54, 1.807) is 0 Å². The van der Waals surface area contributed by atoms with Crippen molar-refractivity contribution in [3.05, 3.63) is 33.8 Å². The van der Waals surface area contributed by atoms with Crippen LogP contribution in [-0.2, 0) is 11.8 Å². The molecule has 1 unspecified atom stereocenters. The van der Waals surface area contributed by atoms with Crippen molar-refractivity contribution in [2.24, 2.45) is 0 Å². The minimum Gasteiger partial charge on any atom is -0.392 e. The van der Waals surface area contributed by atoms with Crippen LogP contribution in [0.15, 0.2) is 22.7 Å². The topological polar surface area (TPSA) is 20.2 Å². The Balaban J connectivity index is 2.53. The number of halogens is 1. The zero-order valence-electron chi connectivity index (χ0n) is 8.55. The Hall–Kier alpha value is -0.340. The van der Waals surface area contributed by atoms with Gasteiger partial charge in [-0.1, -0.05) is 35.8 Å². The summed E-state index contributed by atoms with van der Waals surface area (Å²) in [6.07, 6.45) is 1.65. The predicted octanol–water partition coefficient (Wildman–Crippen LogP) is 3.03. The summed E-state index contributed by atoms with van der Waals surface area (Å²) >= 11 is 3.48. The molecule has 0 fully saturated rings. The number of rotatable bonds is 0. The molecule has 2 heteroatoms. The van der Waals surface area contributed by atoms with Crippen molar-refractivity contribution in [3.63, 3.8) is 0 Å². The number of hydrogen-bond donors (Lipinski definition) is 1. The maximum Gasteiger partial charge on any atom is 0.0634 e. The number of aliphatic hydroxyl groups is 1. The molecule has 0 saturated heterocycles. The van der Waals surface area contributed by atoms with Crippen LogP contribution in [0.2, 0.25) is 0 Å². The molecular formula is C12H15BrO. The molecule has 1 aromatic rings. The number of benzene rings is 1. The number of aliphatic hydroxyl groups excluding tert-OH is 1. The van der Waals surface area contributed by atoms with Crippen LogP contribution in [0, 0.1) is 0 Å². The van der Waals surface area contributed by atoms with Gasteiger partial charge in [0.05, 0.1) is 6.10 Å². The lowest BCUT2D eigenvalue weighted by Crippen LogP contribution is -2.38. The van der Waals surface area contributed by atoms with Gasteiger partial charge in [0.25, 0.3) is 0 Å². The molecule has 2 rings (SSSR count). The second-order valence-electron chi connectivity index (χ2n) is 4.58. The molecule has 0 spiro atoms. The van der Waals surface area contributed by atoms with Crippen molar-refractivity contribution in [3.8, 4) is 0 Å². The lowest BCUT2D eigenvalue weighted by Gasteiger charge is -2.37. The van der Waals surface area contributed by atoms with Crippen LogP contribution >= 0.6 is 15.9 Å². The maximum atomic E-state index is 9.94. The first-order chi connectivity index (χ1) is 6.51. The third-order valence-electron chi connectivity index (χ3n) is 3.28. The van der Waals surface area contributed by atoms with Gasteiger partial charge < -0.3 is 5.11 Å². The first kappa shape index (κ1) is 10.2. The number of aryl methyl sites for hydroxylation is 1. The average molecular weight is 255 g/mol. The van der Waals surface area contributed by atoms with Crippen molar-refractivity contribution in [1.29, 1.82) is 0 Å². The fraction of sp³-hybridized carbons (Fsp3) is 0.500. The third-order valence-corrected chi connectivity index (χ3v) is 3.77. The van der Waals surface area contributed by atoms with Crippen molar-refractivity contribution >= 4 is 15.9 Å². The van der Waals surface area contributed by atoms with Crippen molar-refractivity contribution in [2.45, 2.75) is 38.2 Å². The molecule has 0 heterocycles. The van der Waals surface area contributed by atoms with E-state index in [9.17, 15) is 5.11 Å². The summed E-state index contributed by atoms with van der Waals surface area (Å²) < 4.78 is 1.13. The van der Waals surface area contributed by atoms with E-state index in [1.807, 2.05) is 0 Å². The molecule has 1 aliphatic rings. The van der Waals surface area contributed by atoms with Crippen LogP contribution in [-0.4, -0.2) is 11.2 Å². The summed E-state index contributed by atoms with van der Waals surface area (Å²) in [6, 6.07) is 6.35. The molecule has 1 atom stereocenters. The summed E-state index contributed by atoms with van der Waals surface area (Å²) in [7, 11) is 0. The second kappa shape index (κ2) is 3.35. The number of hydrogen-bond acceptors (Lipinski definition) is 1. The molecule has 1 aromatic carbocycles. The molecule has 0 radical (unpaired) electrons. The second-order valence-corrected chi connectivity index (χ2v) is 5.49. The SMILES string of the molecule is CC1(C)c2ccc(Br)cc2CCC1O. The van der Waals surface area contributed by atoms with E-state index in [0.29, 0.717) is 0 Å². The first-order valence-electron chi connectivity index (χ1n) is 4.99. The van der Waals surface area contributed by atoms with E-state index in [4.69, 9.17) is 0 Å². The van der Waals surface area contributed by atoms with E-state index in [0.717, 1.165) is 17.3 Å². The Kier molecular flexibility index (Phi) is 2.44. The highest BCUT2D eigenvalue weighted by molar-refractivity contribution is 9.10. The smallest absolute Gasteiger partial charge is 0.0634 e.